The van der Waals surface area contributed by atoms with E-state index in [0.717, 1.165) is 0 Å². The Balaban J connectivity index is 0.000000445. The van der Waals surface area contributed by atoms with E-state index < -0.39 is 144 Å². The van der Waals surface area contributed by atoms with Gasteiger partial charge >= 0.3 is 0 Å². The molecular formula is C38H24BF20N. The van der Waals surface area contributed by atoms with Crippen LogP contribution < -0.4 is 26.8 Å². The predicted molar refractivity (Wildman–Crippen MR) is 176 cm³/mol. The van der Waals surface area contributed by atoms with E-state index in [9.17, 15) is 52.7 Å². The fraction of sp³-hybridized carbons (Fsp3) is 0.211. The second-order valence-corrected chi connectivity index (χ2v) is 13.9. The van der Waals surface area contributed by atoms with Gasteiger partial charge in [0.2, 0.25) is 0 Å². The fourth-order valence-electron chi connectivity index (χ4n) is 7.00. The summed E-state index contributed by atoms with van der Waals surface area (Å²) in [6.45, 7) is 9.08. The molecule has 0 amide bonds. The van der Waals surface area contributed by atoms with Crippen LogP contribution in [0.15, 0.2) is 18.2 Å². The maximum absolute atomic E-state index is 15.4. The molecule has 0 aromatic heterocycles. The molecule has 0 fully saturated rings. The first-order valence-corrected chi connectivity index (χ1v) is 16.8. The van der Waals surface area contributed by atoms with Gasteiger partial charge in [-0.05, 0) is 11.8 Å². The molecule has 0 atom stereocenters. The number of halogens is 20. The van der Waals surface area contributed by atoms with Gasteiger partial charge in [-0.1, -0.05) is 45.9 Å². The third-order valence-electron chi connectivity index (χ3n) is 9.58. The minimum Gasteiger partial charge on any atom is -0.307 e. The predicted octanol–water partition coefficient (Wildman–Crippen LogP) is 8.56. The molecule has 1 N–H and O–H groups in total. The Bertz CT molecular complexity index is 2130. The summed E-state index contributed by atoms with van der Waals surface area (Å²) in [6, 6.07) is 6.72. The zero-order valence-electron chi connectivity index (χ0n) is 31.0. The Morgan fingerprint density at radius 3 is 0.633 bits per heavy atom. The van der Waals surface area contributed by atoms with Gasteiger partial charge in [0.05, 0.1) is 14.1 Å². The van der Waals surface area contributed by atoms with Gasteiger partial charge in [0.1, 0.15) is 58.4 Å². The number of hydrogen-bond acceptors (Lipinski definition) is 0. The van der Waals surface area contributed by atoms with Crippen LogP contribution in [-0.2, 0) is 0 Å². The number of hydrogen-bond donors (Lipinski definition) is 1. The van der Waals surface area contributed by atoms with E-state index in [1.165, 1.54) is 21.7 Å². The van der Waals surface area contributed by atoms with E-state index in [1.807, 2.05) is 0 Å². The average molecular weight is 885 g/mol. The van der Waals surface area contributed by atoms with Crippen molar-refractivity contribution in [2.75, 3.05) is 14.1 Å². The van der Waals surface area contributed by atoms with Crippen LogP contribution in [0, 0.1) is 116 Å². The highest BCUT2D eigenvalue weighted by Crippen LogP contribution is 2.32. The summed E-state index contributed by atoms with van der Waals surface area (Å²) in [5.74, 6) is -70.2. The molecule has 0 aliphatic carbocycles. The molecule has 0 bridgehead atoms. The Kier molecular flexibility index (Phi) is 13.4. The van der Waals surface area contributed by atoms with Crippen molar-refractivity contribution < 1.29 is 92.7 Å². The van der Waals surface area contributed by atoms with Gasteiger partial charge in [-0.15, -0.1) is 21.9 Å². The Hall–Kier alpha value is -5.28. The van der Waals surface area contributed by atoms with Crippen molar-refractivity contribution in [2.24, 2.45) is 0 Å². The number of rotatable bonds is 7. The minimum atomic E-state index is -7.22. The van der Waals surface area contributed by atoms with Crippen molar-refractivity contribution in [1.82, 2.24) is 0 Å². The van der Waals surface area contributed by atoms with Crippen LogP contribution in [0.4, 0.5) is 93.5 Å². The average Bonchev–Trinajstić information content (AvgIpc) is 3.20. The molecule has 1 nitrogen and oxygen atoms in total. The summed E-state index contributed by atoms with van der Waals surface area (Å²) in [5.41, 5.74) is -9.87. The lowest BCUT2D eigenvalue weighted by atomic mass is 9.12. The van der Waals surface area contributed by atoms with Crippen molar-refractivity contribution in [3.05, 3.63) is 146 Å². The molecule has 0 spiro atoms. The van der Waals surface area contributed by atoms with Crippen molar-refractivity contribution in [3.8, 4) is 0 Å². The van der Waals surface area contributed by atoms with Gasteiger partial charge in [0.25, 0.3) is 0 Å². The summed E-state index contributed by atoms with van der Waals surface area (Å²) in [4.78, 5) is 1.43. The second kappa shape index (κ2) is 17.0. The second-order valence-electron chi connectivity index (χ2n) is 13.9. The normalized spacial score (nSPS) is 11.9. The molecule has 0 heterocycles. The van der Waals surface area contributed by atoms with E-state index in [2.05, 4.69) is 60.0 Å². The molecule has 0 aliphatic heterocycles. The summed E-state index contributed by atoms with van der Waals surface area (Å²) in [5, 5.41) is 0. The highest BCUT2D eigenvalue weighted by Gasteiger charge is 2.52. The molecule has 0 unspecified atom stereocenters. The molecular weight excluding hydrogens is 861 g/mol. The quantitative estimate of drug-likeness (QED) is 0.0724. The summed E-state index contributed by atoms with van der Waals surface area (Å²) in [6.07, 6.45) is -7.22. The first kappa shape index (κ1) is 47.4. The van der Waals surface area contributed by atoms with Crippen molar-refractivity contribution >= 4 is 33.7 Å². The van der Waals surface area contributed by atoms with E-state index in [1.54, 1.807) is 0 Å². The molecule has 5 aromatic rings. The van der Waals surface area contributed by atoms with Crippen molar-refractivity contribution in [2.45, 2.75) is 39.5 Å². The maximum Gasteiger partial charge on any atom is 0.200 e. The third-order valence-corrected chi connectivity index (χ3v) is 9.58. The monoisotopic (exact) mass is 885 g/mol. The number of nitrogens with one attached hydrogen (secondary N) is 1. The van der Waals surface area contributed by atoms with Crippen LogP contribution in [0.3, 0.4) is 0 Å². The van der Waals surface area contributed by atoms with Crippen LogP contribution in [0.25, 0.3) is 0 Å². The zero-order chi connectivity index (χ0) is 45.9. The minimum absolute atomic E-state index is 0.605. The summed E-state index contributed by atoms with van der Waals surface area (Å²) < 4.78 is 294. The smallest absolute Gasteiger partial charge is 0.200 e. The molecule has 0 saturated carbocycles. The van der Waals surface area contributed by atoms with Crippen LogP contribution in [-0.4, -0.2) is 20.2 Å². The topological polar surface area (TPSA) is 4.44 Å². The molecule has 0 radical (unpaired) electrons. The van der Waals surface area contributed by atoms with Crippen LogP contribution in [0.2, 0.25) is 0 Å². The van der Waals surface area contributed by atoms with Gasteiger partial charge in [-0.3, -0.25) is 0 Å². The number of benzene rings is 5. The maximum atomic E-state index is 15.4. The SMILES string of the molecule is CC(C)c1cccc(C(C)C)c1[NH+](C)C.Fc1c(F)c(F)c([B-](c2c(F)c(F)c(F)c(F)c2F)(c2c(F)c(F)c(F)c(F)c2F)c2c(F)c(F)c(F)c(F)c2F)c(F)c1F. The van der Waals surface area contributed by atoms with Gasteiger partial charge in [-0.25, -0.2) is 87.8 Å². The van der Waals surface area contributed by atoms with Gasteiger partial charge in [0, 0.05) is 11.1 Å². The summed E-state index contributed by atoms with van der Waals surface area (Å²) in [7, 11) is 4.43. The van der Waals surface area contributed by atoms with Gasteiger partial charge < -0.3 is 4.90 Å². The van der Waals surface area contributed by atoms with Crippen LogP contribution in [0.1, 0.15) is 50.7 Å². The lowest BCUT2D eigenvalue weighted by Gasteiger charge is -2.44. The Labute approximate surface area is 325 Å². The van der Waals surface area contributed by atoms with E-state index in [-0.39, 0.29) is 0 Å². The van der Waals surface area contributed by atoms with Gasteiger partial charge in [0.15, 0.2) is 69.8 Å². The molecule has 60 heavy (non-hydrogen) atoms. The Morgan fingerprint density at radius 2 is 0.483 bits per heavy atom. The first-order valence-electron chi connectivity index (χ1n) is 16.8. The highest BCUT2D eigenvalue weighted by atomic mass is 19.2. The molecule has 5 aromatic carbocycles. The fourth-order valence-corrected chi connectivity index (χ4v) is 7.00. The molecule has 324 valence electrons. The largest absolute Gasteiger partial charge is 0.307 e. The Morgan fingerprint density at radius 1 is 0.317 bits per heavy atom. The molecule has 0 aliphatic rings. The van der Waals surface area contributed by atoms with E-state index >= 15 is 35.1 Å². The van der Waals surface area contributed by atoms with Gasteiger partial charge in [-0.2, -0.15) is 0 Å². The zero-order valence-corrected chi connectivity index (χ0v) is 31.0. The highest BCUT2D eigenvalue weighted by molar-refractivity contribution is 7.20. The van der Waals surface area contributed by atoms with Crippen molar-refractivity contribution in [1.29, 1.82) is 0 Å². The van der Waals surface area contributed by atoms with Crippen LogP contribution in [0.5, 0.6) is 0 Å². The third kappa shape index (κ3) is 7.12. The van der Waals surface area contributed by atoms with Crippen molar-refractivity contribution in [3.63, 3.8) is 0 Å². The molecule has 5 rings (SSSR count). The number of para-hydroxylation sites is 1. The van der Waals surface area contributed by atoms with E-state index in [4.69, 9.17) is 0 Å². The molecule has 0 saturated heterocycles. The lowest BCUT2D eigenvalue weighted by molar-refractivity contribution is -0.787. The van der Waals surface area contributed by atoms with E-state index in [0.29, 0.717) is 11.8 Å². The lowest BCUT2D eigenvalue weighted by Crippen LogP contribution is -3.00. The van der Waals surface area contributed by atoms with Crippen LogP contribution >= 0.6 is 0 Å². The molecule has 22 heteroatoms. The first-order chi connectivity index (χ1) is 27.6. The number of quaternary nitrogens is 1. The summed E-state index contributed by atoms with van der Waals surface area (Å²) >= 11 is 0. The standard InChI is InChI=1S/C24BF20.C14H23N/c26-5-1(6(27)14(35)21(42)13(5)34)25(2-7(28)15(36)22(43)16(37)8(2)29,3-9(30)17(38)23(44)18(39)10(3)31)4-11(32)19(40)24(45)20(41)12(4)33;1-10(2)12-8-7-9-13(11(3)4)14(12)15(5)6/h;7-11H,1-6H3/q-1;/p+1.